The Hall–Kier alpha value is -2.14. The molecule has 20 heavy (non-hydrogen) atoms. The summed E-state index contributed by atoms with van der Waals surface area (Å²) in [6.45, 7) is 1.86. The number of para-hydroxylation sites is 1. The van der Waals surface area contributed by atoms with Crippen molar-refractivity contribution in [2.75, 3.05) is 0 Å². The van der Waals surface area contributed by atoms with E-state index in [2.05, 4.69) is 0 Å². The van der Waals surface area contributed by atoms with Crippen molar-refractivity contribution in [3.05, 3.63) is 66.1 Å². The third kappa shape index (κ3) is 1.91. The molecule has 1 aromatic heterocycles. The molecule has 3 aromatic rings. The third-order valence-corrected chi connectivity index (χ3v) is 4.90. The molecule has 0 amide bonds. The summed E-state index contributed by atoms with van der Waals surface area (Å²) in [6.07, 6.45) is 0. The van der Waals surface area contributed by atoms with Gasteiger partial charge in [0.15, 0.2) is 0 Å². The molecule has 0 aliphatic heterocycles. The van der Waals surface area contributed by atoms with Gasteiger partial charge in [-0.25, -0.2) is 12.4 Å². The highest BCUT2D eigenvalue weighted by Gasteiger charge is 2.22. The van der Waals surface area contributed by atoms with E-state index in [1.807, 2.05) is 6.92 Å². The number of nitrogens with zero attached hydrogens (tertiary/aromatic N) is 1. The summed E-state index contributed by atoms with van der Waals surface area (Å²) in [7, 11) is -3.93. The largest absolute Gasteiger partial charge is 0.270 e. The molecule has 0 fully saturated rings. The van der Waals surface area contributed by atoms with Gasteiger partial charge in [-0.1, -0.05) is 35.9 Å². The Bertz CT molecular complexity index is 880. The van der Waals surface area contributed by atoms with Gasteiger partial charge in [-0.2, -0.15) is 4.39 Å². The number of hydrogen-bond acceptors (Lipinski definition) is 2. The molecule has 0 radical (unpaired) electrons. The average molecular weight is 289 g/mol. The minimum atomic E-state index is -3.93. The Morgan fingerprint density at radius 3 is 2.35 bits per heavy atom. The maximum atomic E-state index is 14.0. The summed E-state index contributed by atoms with van der Waals surface area (Å²) in [6, 6.07) is 14.3. The molecule has 0 bridgehead atoms. The first-order valence-corrected chi connectivity index (χ1v) is 7.52. The van der Waals surface area contributed by atoms with Gasteiger partial charge in [-0.3, -0.25) is 0 Å². The molecule has 1 heterocycles. The monoisotopic (exact) mass is 289 g/mol. The van der Waals surface area contributed by atoms with E-state index < -0.39 is 16.0 Å². The molecule has 102 valence electrons. The molecule has 0 N–H and O–H groups in total. The van der Waals surface area contributed by atoms with Gasteiger partial charge < -0.3 is 0 Å². The molecule has 0 saturated carbocycles. The van der Waals surface area contributed by atoms with Crippen LogP contribution in [-0.2, 0) is 10.0 Å². The van der Waals surface area contributed by atoms with Crippen molar-refractivity contribution in [1.82, 2.24) is 3.97 Å². The van der Waals surface area contributed by atoms with Crippen LogP contribution in [0.15, 0.2) is 59.5 Å². The van der Waals surface area contributed by atoms with Crippen LogP contribution in [0.5, 0.6) is 0 Å². The van der Waals surface area contributed by atoms with Crippen molar-refractivity contribution in [1.29, 1.82) is 0 Å². The van der Waals surface area contributed by atoms with Crippen molar-refractivity contribution in [3.63, 3.8) is 0 Å². The zero-order valence-corrected chi connectivity index (χ0v) is 11.6. The van der Waals surface area contributed by atoms with Crippen LogP contribution in [0, 0.1) is 12.9 Å². The van der Waals surface area contributed by atoms with Crippen LogP contribution in [0.2, 0.25) is 0 Å². The Morgan fingerprint density at radius 1 is 1.00 bits per heavy atom. The van der Waals surface area contributed by atoms with E-state index in [0.717, 1.165) is 9.54 Å². The first kappa shape index (κ1) is 12.9. The first-order chi connectivity index (χ1) is 9.50. The third-order valence-electron chi connectivity index (χ3n) is 3.18. The van der Waals surface area contributed by atoms with Crippen LogP contribution >= 0.6 is 0 Å². The maximum absolute atomic E-state index is 14.0. The number of hydrogen-bond donors (Lipinski definition) is 0. The molecule has 0 unspecified atom stereocenters. The maximum Gasteiger partial charge on any atom is 0.270 e. The number of rotatable bonds is 2. The van der Waals surface area contributed by atoms with Gasteiger partial charge in [0.25, 0.3) is 10.0 Å². The number of benzene rings is 2. The summed E-state index contributed by atoms with van der Waals surface area (Å²) in [5.41, 5.74) is 1.28. The van der Waals surface area contributed by atoms with Gasteiger partial charge in [-0.05, 0) is 25.1 Å². The lowest BCUT2D eigenvalue weighted by molar-refractivity contribution is 0.546. The fourth-order valence-corrected chi connectivity index (χ4v) is 3.55. The zero-order valence-electron chi connectivity index (χ0n) is 10.7. The van der Waals surface area contributed by atoms with E-state index in [9.17, 15) is 12.8 Å². The van der Waals surface area contributed by atoms with Gasteiger partial charge in [0.2, 0.25) is 5.95 Å². The number of aryl methyl sites for hydroxylation is 1. The number of aromatic nitrogens is 1. The lowest BCUT2D eigenvalue weighted by Crippen LogP contribution is -2.14. The molecule has 0 atom stereocenters. The highest BCUT2D eigenvalue weighted by atomic mass is 32.2. The number of fused-ring (bicyclic) bond motifs is 1. The predicted molar refractivity (Wildman–Crippen MR) is 75.7 cm³/mol. The van der Waals surface area contributed by atoms with E-state index in [0.29, 0.717) is 10.9 Å². The van der Waals surface area contributed by atoms with Crippen molar-refractivity contribution < 1.29 is 12.8 Å². The van der Waals surface area contributed by atoms with Gasteiger partial charge in [0.05, 0.1) is 10.4 Å². The molecule has 0 spiro atoms. The predicted octanol–water partition coefficient (Wildman–Crippen LogP) is 3.33. The van der Waals surface area contributed by atoms with E-state index in [1.165, 1.54) is 18.2 Å². The quantitative estimate of drug-likeness (QED) is 0.726. The lowest BCUT2D eigenvalue weighted by atomic mass is 10.2. The fraction of sp³-hybridized carbons (Fsp3) is 0.0667. The average Bonchev–Trinajstić information content (AvgIpc) is 2.75. The SMILES string of the molecule is Cc1ccc(S(=O)(=O)n2c(F)cc3ccccc32)cc1. The lowest BCUT2D eigenvalue weighted by Gasteiger charge is -2.08. The second-order valence-corrected chi connectivity index (χ2v) is 6.40. The second kappa shape index (κ2) is 4.45. The Labute approximate surface area is 116 Å². The van der Waals surface area contributed by atoms with Gasteiger partial charge in [0, 0.05) is 11.5 Å². The first-order valence-electron chi connectivity index (χ1n) is 6.08. The molecule has 0 saturated heterocycles. The van der Waals surface area contributed by atoms with Crippen molar-refractivity contribution in [2.45, 2.75) is 11.8 Å². The summed E-state index contributed by atoms with van der Waals surface area (Å²) < 4.78 is 39.9. The highest BCUT2D eigenvalue weighted by molar-refractivity contribution is 7.90. The minimum Gasteiger partial charge on any atom is -0.208 e. The van der Waals surface area contributed by atoms with Gasteiger partial charge in [-0.15, -0.1) is 0 Å². The number of halogens is 1. The summed E-state index contributed by atoms with van der Waals surface area (Å²) in [5, 5.41) is 0.556. The molecule has 2 aromatic carbocycles. The van der Waals surface area contributed by atoms with Crippen molar-refractivity contribution in [2.24, 2.45) is 0 Å². The van der Waals surface area contributed by atoms with Crippen LogP contribution < -0.4 is 0 Å². The van der Waals surface area contributed by atoms with Crippen molar-refractivity contribution in [3.8, 4) is 0 Å². The summed E-state index contributed by atoms with van der Waals surface area (Å²) in [5.74, 6) is -0.785. The zero-order chi connectivity index (χ0) is 14.3. The fourth-order valence-electron chi connectivity index (χ4n) is 2.16. The van der Waals surface area contributed by atoms with Crippen LogP contribution in [0.1, 0.15) is 5.56 Å². The Kier molecular flexibility index (Phi) is 2.87. The Balaban J connectivity index is 2.29. The second-order valence-electron chi connectivity index (χ2n) is 4.61. The standard InChI is InChI=1S/C15H12FNO2S/c1-11-6-8-13(9-7-11)20(18,19)17-14-5-3-2-4-12(14)10-15(17)16/h2-10H,1H3. The van der Waals surface area contributed by atoms with Gasteiger partial charge in [0.1, 0.15) is 0 Å². The molecule has 3 rings (SSSR count). The van der Waals surface area contributed by atoms with Gasteiger partial charge >= 0.3 is 0 Å². The highest BCUT2D eigenvalue weighted by Crippen LogP contribution is 2.24. The minimum absolute atomic E-state index is 0.0725. The Morgan fingerprint density at radius 2 is 1.65 bits per heavy atom. The smallest absolute Gasteiger partial charge is 0.208 e. The molecule has 0 aliphatic rings. The topological polar surface area (TPSA) is 39.1 Å². The molecule has 5 heteroatoms. The molecular weight excluding hydrogens is 277 g/mol. The normalized spacial score (nSPS) is 11.9. The van der Waals surface area contributed by atoms with Crippen LogP contribution in [0.25, 0.3) is 10.9 Å². The van der Waals surface area contributed by atoms with E-state index in [-0.39, 0.29) is 4.90 Å². The molecule has 0 aliphatic carbocycles. The van der Waals surface area contributed by atoms with Crippen LogP contribution in [0.4, 0.5) is 4.39 Å². The van der Waals surface area contributed by atoms with Crippen LogP contribution in [-0.4, -0.2) is 12.4 Å². The van der Waals surface area contributed by atoms with E-state index in [4.69, 9.17) is 0 Å². The molecule has 3 nitrogen and oxygen atoms in total. The summed E-state index contributed by atoms with van der Waals surface area (Å²) >= 11 is 0. The van der Waals surface area contributed by atoms with E-state index in [1.54, 1.807) is 36.4 Å². The molecular formula is C15H12FNO2S. The summed E-state index contributed by atoms with van der Waals surface area (Å²) in [4.78, 5) is 0.0725. The van der Waals surface area contributed by atoms with Crippen LogP contribution in [0.3, 0.4) is 0 Å². The van der Waals surface area contributed by atoms with E-state index >= 15 is 0 Å². The van der Waals surface area contributed by atoms with Crippen molar-refractivity contribution >= 4 is 20.9 Å².